The SMILES string of the molecule is CC(C)(Oc1ccc(Cl)cc1)C(=O)Nc1ccccc1N1CCOCC1. The molecule has 0 saturated carbocycles. The van der Waals surface area contributed by atoms with Gasteiger partial charge in [-0.05, 0) is 50.2 Å². The topological polar surface area (TPSA) is 50.8 Å². The number of hydrogen-bond acceptors (Lipinski definition) is 4. The second kappa shape index (κ2) is 7.98. The lowest BCUT2D eigenvalue weighted by atomic mass is 10.1. The standard InChI is InChI=1S/C20H23ClN2O3/c1-20(2,26-16-9-7-15(21)8-10-16)19(24)22-17-5-3-4-6-18(17)23-11-13-25-14-12-23/h3-10H,11-14H2,1-2H3,(H,22,24). The molecular formula is C20H23ClN2O3. The van der Waals surface area contributed by atoms with E-state index in [1.165, 1.54) is 0 Å². The number of nitrogens with zero attached hydrogens (tertiary/aromatic N) is 1. The molecule has 0 aromatic heterocycles. The zero-order valence-electron chi connectivity index (χ0n) is 15.0. The quantitative estimate of drug-likeness (QED) is 0.860. The minimum atomic E-state index is -1.04. The lowest BCUT2D eigenvalue weighted by molar-refractivity contribution is -0.128. The molecule has 0 bridgehead atoms. The van der Waals surface area contributed by atoms with Crippen molar-refractivity contribution in [3.05, 3.63) is 53.6 Å². The number of morpholine rings is 1. The Morgan fingerprint density at radius 1 is 1.12 bits per heavy atom. The number of nitrogens with one attached hydrogen (secondary N) is 1. The van der Waals surface area contributed by atoms with Gasteiger partial charge in [-0.3, -0.25) is 4.79 Å². The van der Waals surface area contributed by atoms with E-state index >= 15 is 0 Å². The van der Waals surface area contributed by atoms with Gasteiger partial charge >= 0.3 is 0 Å². The molecule has 1 fully saturated rings. The van der Waals surface area contributed by atoms with Gasteiger partial charge in [0.2, 0.25) is 0 Å². The van der Waals surface area contributed by atoms with Crippen molar-refractivity contribution in [3.8, 4) is 5.75 Å². The van der Waals surface area contributed by atoms with E-state index in [9.17, 15) is 4.79 Å². The smallest absolute Gasteiger partial charge is 0.268 e. The van der Waals surface area contributed by atoms with E-state index in [2.05, 4.69) is 10.2 Å². The zero-order valence-corrected chi connectivity index (χ0v) is 15.8. The highest BCUT2D eigenvalue weighted by Gasteiger charge is 2.31. The first kappa shape index (κ1) is 18.5. The summed E-state index contributed by atoms with van der Waals surface area (Å²) >= 11 is 5.90. The number of anilines is 2. The summed E-state index contributed by atoms with van der Waals surface area (Å²) in [6.45, 7) is 6.47. The first-order valence-corrected chi connectivity index (χ1v) is 9.01. The van der Waals surface area contributed by atoms with Gasteiger partial charge in [0, 0.05) is 18.1 Å². The minimum Gasteiger partial charge on any atom is -0.478 e. The lowest BCUT2D eigenvalue weighted by Gasteiger charge is -2.31. The predicted octanol–water partition coefficient (Wildman–Crippen LogP) is 3.97. The molecule has 0 unspecified atom stereocenters. The summed E-state index contributed by atoms with van der Waals surface area (Å²) in [6, 6.07) is 14.8. The fourth-order valence-corrected chi connectivity index (χ4v) is 2.90. The Hall–Kier alpha value is -2.24. The largest absolute Gasteiger partial charge is 0.478 e. The number of carbonyl (C=O) groups is 1. The molecule has 2 aromatic rings. The molecule has 1 amide bonds. The molecule has 26 heavy (non-hydrogen) atoms. The number of ether oxygens (including phenoxy) is 2. The number of amides is 1. The van der Waals surface area contributed by atoms with Crippen molar-refractivity contribution in [2.24, 2.45) is 0 Å². The predicted molar refractivity (Wildman–Crippen MR) is 104 cm³/mol. The summed E-state index contributed by atoms with van der Waals surface area (Å²) in [4.78, 5) is 15.0. The summed E-state index contributed by atoms with van der Waals surface area (Å²) < 4.78 is 11.3. The van der Waals surface area contributed by atoms with Crippen LogP contribution < -0.4 is 15.0 Å². The second-order valence-corrected chi connectivity index (χ2v) is 7.07. The van der Waals surface area contributed by atoms with Crippen LogP contribution in [0.25, 0.3) is 0 Å². The van der Waals surface area contributed by atoms with Crippen molar-refractivity contribution < 1.29 is 14.3 Å². The number of halogens is 1. The van der Waals surface area contributed by atoms with E-state index in [1.54, 1.807) is 38.1 Å². The molecular weight excluding hydrogens is 352 g/mol. The van der Waals surface area contributed by atoms with E-state index in [1.807, 2.05) is 24.3 Å². The fraction of sp³-hybridized carbons (Fsp3) is 0.350. The second-order valence-electron chi connectivity index (χ2n) is 6.64. The fourth-order valence-electron chi connectivity index (χ4n) is 2.78. The highest BCUT2D eigenvalue weighted by molar-refractivity contribution is 6.30. The van der Waals surface area contributed by atoms with Crippen LogP contribution in [0.15, 0.2) is 48.5 Å². The molecule has 3 rings (SSSR count). The van der Waals surface area contributed by atoms with Gasteiger partial charge in [0.05, 0.1) is 24.6 Å². The minimum absolute atomic E-state index is 0.215. The van der Waals surface area contributed by atoms with Crippen LogP contribution in [0.4, 0.5) is 11.4 Å². The van der Waals surface area contributed by atoms with E-state index in [4.69, 9.17) is 21.1 Å². The Kier molecular flexibility index (Phi) is 5.69. The molecule has 1 aliphatic rings. The molecule has 1 aliphatic heterocycles. The molecule has 0 aliphatic carbocycles. The zero-order chi connectivity index (χ0) is 18.6. The highest BCUT2D eigenvalue weighted by Crippen LogP contribution is 2.28. The van der Waals surface area contributed by atoms with E-state index in [-0.39, 0.29) is 5.91 Å². The Morgan fingerprint density at radius 2 is 1.77 bits per heavy atom. The lowest BCUT2D eigenvalue weighted by Crippen LogP contribution is -2.43. The number of benzene rings is 2. The third kappa shape index (κ3) is 4.48. The van der Waals surface area contributed by atoms with E-state index in [0.717, 1.165) is 24.5 Å². The number of para-hydroxylation sites is 2. The highest BCUT2D eigenvalue weighted by atomic mass is 35.5. The van der Waals surface area contributed by atoms with Crippen molar-refractivity contribution in [2.45, 2.75) is 19.4 Å². The Bertz CT molecular complexity index is 756. The number of rotatable bonds is 5. The molecule has 1 saturated heterocycles. The summed E-state index contributed by atoms with van der Waals surface area (Å²) in [7, 11) is 0. The summed E-state index contributed by atoms with van der Waals surface area (Å²) in [6.07, 6.45) is 0. The molecule has 0 radical (unpaired) electrons. The van der Waals surface area contributed by atoms with Gasteiger partial charge in [-0.15, -0.1) is 0 Å². The van der Waals surface area contributed by atoms with Crippen molar-refractivity contribution in [1.82, 2.24) is 0 Å². The number of carbonyl (C=O) groups excluding carboxylic acids is 1. The van der Waals surface area contributed by atoms with Gasteiger partial charge in [-0.25, -0.2) is 0 Å². The Balaban J connectivity index is 1.73. The first-order chi connectivity index (χ1) is 12.5. The molecule has 0 spiro atoms. The van der Waals surface area contributed by atoms with Gasteiger partial charge in [-0.2, -0.15) is 0 Å². The molecule has 1 heterocycles. The monoisotopic (exact) mass is 374 g/mol. The van der Waals surface area contributed by atoms with Gasteiger partial charge in [0.1, 0.15) is 5.75 Å². The first-order valence-electron chi connectivity index (χ1n) is 8.63. The van der Waals surface area contributed by atoms with Crippen LogP contribution in [-0.4, -0.2) is 37.8 Å². The van der Waals surface area contributed by atoms with E-state index in [0.29, 0.717) is 24.0 Å². The molecule has 138 valence electrons. The number of hydrogen-bond donors (Lipinski definition) is 1. The van der Waals surface area contributed by atoms with Crippen LogP contribution in [0.3, 0.4) is 0 Å². The molecule has 6 heteroatoms. The third-order valence-corrected chi connectivity index (χ3v) is 4.49. The summed E-state index contributed by atoms with van der Waals surface area (Å²) in [5.74, 6) is 0.379. The maximum Gasteiger partial charge on any atom is 0.268 e. The van der Waals surface area contributed by atoms with Gasteiger partial charge < -0.3 is 19.7 Å². The molecule has 0 atom stereocenters. The maximum absolute atomic E-state index is 12.8. The van der Waals surface area contributed by atoms with Gasteiger partial charge in [0.25, 0.3) is 5.91 Å². The average Bonchev–Trinajstić information content (AvgIpc) is 2.64. The van der Waals surface area contributed by atoms with Crippen molar-refractivity contribution in [1.29, 1.82) is 0 Å². The van der Waals surface area contributed by atoms with Crippen LogP contribution in [0.5, 0.6) is 5.75 Å². The third-order valence-electron chi connectivity index (χ3n) is 4.24. The average molecular weight is 375 g/mol. The molecule has 1 N–H and O–H groups in total. The van der Waals surface area contributed by atoms with Crippen molar-refractivity contribution >= 4 is 28.9 Å². The Labute approximate surface area is 158 Å². The van der Waals surface area contributed by atoms with Crippen molar-refractivity contribution in [2.75, 3.05) is 36.5 Å². The summed E-state index contributed by atoms with van der Waals surface area (Å²) in [5.41, 5.74) is 0.727. The van der Waals surface area contributed by atoms with Crippen LogP contribution in [0.1, 0.15) is 13.8 Å². The van der Waals surface area contributed by atoms with Crippen LogP contribution in [-0.2, 0) is 9.53 Å². The van der Waals surface area contributed by atoms with Crippen LogP contribution >= 0.6 is 11.6 Å². The van der Waals surface area contributed by atoms with Gasteiger partial charge in [-0.1, -0.05) is 23.7 Å². The van der Waals surface area contributed by atoms with E-state index < -0.39 is 5.60 Å². The molecule has 5 nitrogen and oxygen atoms in total. The summed E-state index contributed by atoms with van der Waals surface area (Å²) in [5, 5.41) is 3.63. The van der Waals surface area contributed by atoms with Crippen LogP contribution in [0, 0.1) is 0 Å². The maximum atomic E-state index is 12.8. The van der Waals surface area contributed by atoms with Crippen LogP contribution in [0.2, 0.25) is 5.02 Å². The Morgan fingerprint density at radius 3 is 2.46 bits per heavy atom. The van der Waals surface area contributed by atoms with Gasteiger partial charge in [0.15, 0.2) is 5.60 Å². The molecule has 2 aromatic carbocycles. The van der Waals surface area contributed by atoms with Crippen molar-refractivity contribution in [3.63, 3.8) is 0 Å². The normalized spacial score (nSPS) is 14.8.